The van der Waals surface area contributed by atoms with E-state index >= 15 is 0 Å². The maximum atomic E-state index is 13.5. The van der Waals surface area contributed by atoms with Gasteiger partial charge >= 0.3 is 0 Å². The predicted octanol–water partition coefficient (Wildman–Crippen LogP) is 2.11. The zero-order chi connectivity index (χ0) is 12.3. The standard InChI is InChI=1S/C12H14FN3O/c1-8(14-7-9-4-5-15-16-9)11-3-2-10(17)6-12(11)13/h2-6,8,14,17H,7H2,1H3,(H,15,16). The summed E-state index contributed by atoms with van der Waals surface area (Å²) < 4.78 is 13.5. The molecular weight excluding hydrogens is 221 g/mol. The molecule has 1 aromatic heterocycles. The zero-order valence-corrected chi connectivity index (χ0v) is 9.44. The molecule has 17 heavy (non-hydrogen) atoms. The van der Waals surface area contributed by atoms with Gasteiger partial charge in [0.1, 0.15) is 11.6 Å². The van der Waals surface area contributed by atoms with Crippen LogP contribution in [0.1, 0.15) is 24.2 Å². The normalized spacial score (nSPS) is 12.6. The molecule has 0 saturated heterocycles. The van der Waals surface area contributed by atoms with Crippen LogP contribution < -0.4 is 5.32 Å². The minimum atomic E-state index is -0.408. The smallest absolute Gasteiger partial charge is 0.131 e. The lowest BCUT2D eigenvalue weighted by Gasteiger charge is -2.14. The number of aromatic hydroxyl groups is 1. The van der Waals surface area contributed by atoms with Crippen LogP contribution >= 0.6 is 0 Å². The first-order valence-electron chi connectivity index (χ1n) is 5.37. The van der Waals surface area contributed by atoms with Crippen LogP contribution in [0, 0.1) is 5.82 Å². The Bertz CT molecular complexity index is 485. The van der Waals surface area contributed by atoms with E-state index in [2.05, 4.69) is 15.5 Å². The average Bonchev–Trinajstić information content (AvgIpc) is 2.78. The summed E-state index contributed by atoms with van der Waals surface area (Å²) in [5, 5.41) is 18.9. The van der Waals surface area contributed by atoms with Gasteiger partial charge in [-0.3, -0.25) is 5.10 Å². The monoisotopic (exact) mass is 235 g/mol. The molecule has 1 unspecified atom stereocenters. The van der Waals surface area contributed by atoms with Crippen LogP contribution in [0.3, 0.4) is 0 Å². The summed E-state index contributed by atoms with van der Waals surface area (Å²) in [5.41, 5.74) is 1.47. The topological polar surface area (TPSA) is 60.9 Å². The summed E-state index contributed by atoms with van der Waals surface area (Å²) in [6, 6.07) is 5.89. The molecule has 1 atom stereocenters. The summed E-state index contributed by atoms with van der Waals surface area (Å²) in [4.78, 5) is 0. The molecule has 4 nitrogen and oxygen atoms in total. The number of aromatic amines is 1. The highest BCUT2D eigenvalue weighted by Gasteiger charge is 2.11. The molecule has 2 aromatic rings. The predicted molar refractivity (Wildman–Crippen MR) is 61.9 cm³/mol. The number of nitrogens with one attached hydrogen (secondary N) is 2. The molecule has 0 spiro atoms. The first-order valence-corrected chi connectivity index (χ1v) is 5.37. The molecule has 0 fully saturated rings. The molecule has 0 amide bonds. The van der Waals surface area contributed by atoms with Crippen molar-refractivity contribution in [2.75, 3.05) is 0 Å². The Balaban J connectivity index is 2.01. The van der Waals surface area contributed by atoms with Crippen molar-refractivity contribution >= 4 is 0 Å². The highest BCUT2D eigenvalue weighted by Crippen LogP contribution is 2.21. The highest BCUT2D eigenvalue weighted by atomic mass is 19.1. The molecule has 0 saturated carbocycles. The average molecular weight is 235 g/mol. The molecule has 5 heteroatoms. The molecule has 0 aliphatic rings. The number of nitrogens with zero attached hydrogens (tertiary/aromatic N) is 1. The van der Waals surface area contributed by atoms with Gasteiger partial charge in [0.2, 0.25) is 0 Å². The molecule has 3 N–H and O–H groups in total. The van der Waals surface area contributed by atoms with E-state index in [1.807, 2.05) is 13.0 Å². The van der Waals surface area contributed by atoms with Gasteiger partial charge in [-0.15, -0.1) is 0 Å². The van der Waals surface area contributed by atoms with Gasteiger partial charge in [0.05, 0.1) is 0 Å². The second-order valence-corrected chi connectivity index (χ2v) is 3.89. The maximum Gasteiger partial charge on any atom is 0.131 e. The minimum Gasteiger partial charge on any atom is -0.508 e. The summed E-state index contributed by atoms with van der Waals surface area (Å²) in [5.74, 6) is -0.471. The molecular formula is C12H14FN3O. The lowest BCUT2D eigenvalue weighted by Crippen LogP contribution is -2.19. The van der Waals surface area contributed by atoms with Gasteiger partial charge in [-0.05, 0) is 19.1 Å². The molecule has 0 radical (unpaired) electrons. The Morgan fingerprint density at radius 2 is 2.29 bits per heavy atom. The van der Waals surface area contributed by atoms with Crippen LogP contribution in [-0.4, -0.2) is 15.3 Å². The number of rotatable bonds is 4. The first-order chi connectivity index (χ1) is 8.16. The van der Waals surface area contributed by atoms with Crippen molar-refractivity contribution in [1.29, 1.82) is 0 Å². The fourth-order valence-electron chi connectivity index (χ4n) is 1.62. The summed E-state index contributed by atoms with van der Waals surface area (Å²) in [7, 11) is 0. The number of benzene rings is 1. The van der Waals surface area contributed by atoms with Gasteiger partial charge in [-0.1, -0.05) is 6.07 Å². The van der Waals surface area contributed by atoms with Crippen LogP contribution in [0.2, 0.25) is 0 Å². The Kier molecular flexibility index (Phi) is 3.39. The summed E-state index contributed by atoms with van der Waals surface area (Å²) in [6.07, 6.45) is 1.67. The molecule has 1 heterocycles. The van der Waals surface area contributed by atoms with Crippen LogP contribution in [0.25, 0.3) is 0 Å². The van der Waals surface area contributed by atoms with Crippen LogP contribution in [0.5, 0.6) is 5.75 Å². The van der Waals surface area contributed by atoms with Gasteiger partial charge in [-0.25, -0.2) is 4.39 Å². The van der Waals surface area contributed by atoms with E-state index in [-0.39, 0.29) is 11.8 Å². The fraction of sp³-hybridized carbons (Fsp3) is 0.250. The second-order valence-electron chi connectivity index (χ2n) is 3.89. The Morgan fingerprint density at radius 1 is 1.47 bits per heavy atom. The largest absolute Gasteiger partial charge is 0.508 e. The van der Waals surface area contributed by atoms with E-state index in [9.17, 15) is 4.39 Å². The van der Waals surface area contributed by atoms with Gasteiger partial charge in [0, 0.05) is 36.1 Å². The lowest BCUT2D eigenvalue weighted by molar-refractivity contribution is 0.463. The van der Waals surface area contributed by atoms with Crippen molar-refractivity contribution in [1.82, 2.24) is 15.5 Å². The maximum absolute atomic E-state index is 13.5. The van der Waals surface area contributed by atoms with Crippen LogP contribution in [0.15, 0.2) is 30.5 Å². The lowest BCUT2D eigenvalue weighted by atomic mass is 10.1. The molecule has 90 valence electrons. The number of halogens is 1. The third kappa shape index (κ3) is 2.82. The van der Waals surface area contributed by atoms with Crippen molar-refractivity contribution in [3.05, 3.63) is 47.5 Å². The van der Waals surface area contributed by atoms with Gasteiger partial charge in [-0.2, -0.15) is 5.10 Å². The van der Waals surface area contributed by atoms with E-state index in [4.69, 9.17) is 5.11 Å². The van der Waals surface area contributed by atoms with Crippen molar-refractivity contribution in [3.8, 4) is 5.75 Å². The number of phenolic OH excluding ortho intramolecular Hbond substituents is 1. The summed E-state index contributed by atoms with van der Waals surface area (Å²) >= 11 is 0. The van der Waals surface area contributed by atoms with E-state index < -0.39 is 5.82 Å². The number of aromatic nitrogens is 2. The second kappa shape index (κ2) is 4.97. The van der Waals surface area contributed by atoms with Crippen molar-refractivity contribution in [2.45, 2.75) is 19.5 Å². The number of phenols is 1. The van der Waals surface area contributed by atoms with Crippen LogP contribution in [-0.2, 0) is 6.54 Å². The number of H-pyrrole nitrogens is 1. The molecule has 2 rings (SSSR count). The van der Waals surface area contributed by atoms with E-state index in [0.29, 0.717) is 12.1 Å². The van der Waals surface area contributed by atoms with Gasteiger partial charge < -0.3 is 10.4 Å². The van der Waals surface area contributed by atoms with Crippen molar-refractivity contribution in [2.24, 2.45) is 0 Å². The molecule has 0 bridgehead atoms. The Hall–Kier alpha value is -1.88. The third-order valence-corrected chi connectivity index (χ3v) is 2.61. The van der Waals surface area contributed by atoms with E-state index in [1.165, 1.54) is 6.07 Å². The molecule has 0 aliphatic carbocycles. The van der Waals surface area contributed by atoms with Crippen LogP contribution in [0.4, 0.5) is 4.39 Å². The fourth-order valence-corrected chi connectivity index (χ4v) is 1.62. The third-order valence-electron chi connectivity index (χ3n) is 2.61. The Morgan fingerprint density at radius 3 is 2.94 bits per heavy atom. The minimum absolute atomic E-state index is 0.0629. The SMILES string of the molecule is CC(NCc1ccn[nH]1)c1ccc(O)cc1F. The Labute approximate surface area is 98.5 Å². The van der Waals surface area contributed by atoms with E-state index in [0.717, 1.165) is 11.8 Å². The summed E-state index contributed by atoms with van der Waals surface area (Å²) in [6.45, 7) is 2.45. The molecule has 1 aromatic carbocycles. The van der Waals surface area contributed by atoms with Crippen molar-refractivity contribution in [3.63, 3.8) is 0 Å². The highest BCUT2D eigenvalue weighted by molar-refractivity contribution is 5.29. The van der Waals surface area contributed by atoms with E-state index in [1.54, 1.807) is 12.3 Å². The first kappa shape index (κ1) is 11.6. The van der Waals surface area contributed by atoms with Gasteiger partial charge in [0.15, 0.2) is 0 Å². The number of hydrogen-bond donors (Lipinski definition) is 3. The number of hydrogen-bond acceptors (Lipinski definition) is 3. The zero-order valence-electron chi connectivity index (χ0n) is 9.44. The van der Waals surface area contributed by atoms with Crippen molar-refractivity contribution < 1.29 is 9.50 Å². The quantitative estimate of drug-likeness (QED) is 0.760. The molecule has 0 aliphatic heterocycles. The van der Waals surface area contributed by atoms with Gasteiger partial charge in [0.25, 0.3) is 0 Å².